The van der Waals surface area contributed by atoms with Gasteiger partial charge in [0.25, 0.3) is 0 Å². The molecule has 20 heavy (non-hydrogen) atoms. The van der Waals surface area contributed by atoms with Crippen molar-refractivity contribution >= 4 is 36.6 Å². The van der Waals surface area contributed by atoms with Crippen LogP contribution in [0.5, 0.6) is 0 Å². The molecule has 0 aliphatic rings. The Bertz CT molecular complexity index is 842. The monoisotopic (exact) mass is 340 g/mol. The average molecular weight is 339 g/mol. The molecular formula is C18H12SSe. The third-order valence-electron chi connectivity index (χ3n) is 3.40. The predicted octanol–water partition coefficient (Wildman–Crippen LogP) is 5.29. The normalized spacial score (nSPS) is 11.0. The zero-order valence-electron chi connectivity index (χ0n) is 10.7. The van der Waals surface area contributed by atoms with E-state index < -0.39 is 0 Å². The van der Waals surface area contributed by atoms with Crippen LogP contribution in [0.25, 0.3) is 30.1 Å². The summed E-state index contributed by atoms with van der Waals surface area (Å²) in [6, 6.07) is 24.0. The van der Waals surface area contributed by atoms with E-state index in [1.165, 1.54) is 30.1 Å². The summed E-state index contributed by atoms with van der Waals surface area (Å²) < 4.78 is 3.04. The molecule has 4 aromatic rings. The summed E-state index contributed by atoms with van der Waals surface area (Å²) in [6.45, 7) is 0. The van der Waals surface area contributed by atoms with E-state index in [-0.39, 0.29) is 0 Å². The van der Waals surface area contributed by atoms with Crippen molar-refractivity contribution in [2.75, 3.05) is 0 Å². The van der Waals surface area contributed by atoms with E-state index >= 15 is 0 Å². The van der Waals surface area contributed by atoms with Crippen molar-refractivity contribution in [1.82, 2.24) is 0 Å². The van der Waals surface area contributed by atoms with E-state index in [9.17, 15) is 0 Å². The molecule has 0 N–H and O–H groups in total. The molecule has 0 saturated carbocycles. The van der Waals surface area contributed by atoms with E-state index in [1.54, 1.807) is 0 Å². The molecule has 2 aromatic heterocycles. The van der Waals surface area contributed by atoms with E-state index in [1.807, 2.05) is 11.3 Å². The quantitative estimate of drug-likeness (QED) is 0.435. The summed E-state index contributed by atoms with van der Waals surface area (Å²) in [5.41, 5.74) is 1.37. The van der Waals surface area contributed by atoms with Crippen LogP contribution in [0, 0.1) is 0 Å². The number of benzene rings is 2. The molecule has 2 heterocycles. The first-order valence-electron chi connectivity index (χ1n) is 6.54. The molecule has 2 heteroatoms. The van der Waals surface area contributed by atoms with Crippen LogP contribution in [0.15, 0.2) is 72.1 Å². The van der Waals surface area contributed by atoms with Crippen LogP contribution in [0.3, 0.4) is 0 Å². The fourth-order valence-corrected chi connectivity index (χ4v) is 6.21. The Morgan fingerprint density at radius 3 is 2.05 bits per heavy atom. The summed E-state index contributed by atoms with van der Waals surface area (Å²) >= 11 is 2.23. The maximum absolute atomic E-state index is 2.27. The van der Waals surface area contributed by atoms with Crippen molar-refractivity contribution in [3.05, 3.63) is 72.1 Å². The van der Waals surface area contributed by atoms with Gasteiger partial charge in [0.1, 0.15) is 0 Å². The maximum atomic E-state index is 2.27. The number of thiophene rings is 1. The molecule has 96 valence electrons. The second-order valence-corrected chi connectivity index (χ2v) is 7.74. The van der Waals surface area contributed by atoms with Crippen LogP contribution in [-0.2, 0) is 0 Å². The second kappa shape index (κ2) is 5.06. The molecule has 0 atom stereocenters. The van der Waals surface area contributed by atoms with E-state index in [4.69, 9.17) is 0 Å². The molecule has 4 rings (SSSR count). The summed E-state index contributed by atoms with van der Waals surface area (Å²) in [7, 11) is 0. The minimum atomic E-state index is 0.385. The minimum absolute atomic E-state index is 0.385. The summed E-state index contributed by atoms with van der Waals surface area (Å²) in [4.78, 5) is 1.42. The zero-order chi connectivity index (χ0) is 13.4. The number of fused-ring (bicyclic) bond motifs is 1. The summed E-state index contributed by atoms with van der Waals surface area (Å²) in [6.07, 6.45) is 0. The van der Waals surface area contributed by atoms with Crippen LogP contribution < -0.4 is 0 Å². The molecule has 0 amide bonds. The Balaban J connectivity index is 2.04. The number of rotatable bonds is 2. The molecule has 0 radical (unpaired) electrons. The van der Waals surface area contributed by atoms with Gasteiger partial charge in [0.15, 0.2) is 0 Å². The molecule has 0 aliphatic carbocycles. The van der Waals surface area contributed by atoms with Gasteiger partial charge >= 0.3 is 128 Å². The van der Waals surface area contributed by atoms with Crippen LogP contribution in [0.2, 0.25) is 0 Å². The molecule has 0 saturated heterocycles. The molecular weight excluding hydrogens is 327 g/mol. The molecule has 0 unspecified atom stereocenters. The average Bonchev–Trinajstić information content (AvgIpc) is 3.15. The van der Waals surface area contributed by atoms with E-state index in [0.717, 1.165) is 0 Å². The van der Waals surface area contributed by atoms with Gasteiger partial charge in [0, 0.05) is 0 Å². The summed E-state index contributed by atoms with van der Waals surface area (Å²) in [5.74, 6) is 0. The van der Waals surface area contributed by atoms with Crippen molar-refractivity contribution < 1.29 is 0 Å². The Hall–Kier alpha value is -1.60. The molecule has 0 spiro atoms. The van der Waals surface area contributed by atoms with Gasteiger partial charge in [-0.3, -0.25) is 0 Å². The third kappa shape index (κ3) is 1.97. The first kappa shape index (κ1) is 12.2. The van der Waals surface area contributed by atoms with Crippen molar-refractivity contribution in [2.45, 2.75) is 0 Å². The first-order chi connectivity index (χ1) is 9.93. The van der Waals surface area contributed by atoms with E-state index in [0.29, 0.717) is 14.5 Å². The number of hydrogen-bond donors (Lipinski definition) is 0. The van der Waals surface area contributed by atoms with Crippen LogP contribution in [-0.4, -0.2) is 14.5 Å². The third-order valence-corrected chi connectivity index (χ3v) is 7.32. The van der Waals surface area contributed by atoms with Gasteiger partial charge in [-0.15, -0.1) is 0 Å². The van der Waals surface area contributed by atoms with Crippen molar-refractivity contribution in [2.24, 2.45) is 0 Å². The summed E-state index contributed by atoms with van der Waals surface area (Å²) in [5, 5.41) is 5.01. The molecule has 0 nitrogen and oxygen atoms in total. The van der Waals surface area contributed by atoms with Gasteiger partial charge in [-0.05, 0) is 0 Å². The molecule has 2 aromatic carbocycles. The molecule has 0 fully saturated rings. The second-order valence-electron chi connectivity index (χ2n) is 4.65. The van der Waals surface area contributed by atoms with Gasteiger partial charge in [0.05, 0.1) is 0 Å². The van der Waals surface area contributed by atoms with Gasteiger partial charge in [-0.2, -0.15) is 0 Å². The fraction of sp³-hybridized carbons (Fsp3) is 0. The zero-order valence-corrected chi connectivity index (χ0v) is 13.3. The first-order valence-corrected chi connectivity index (χ1v) is 9.13. The van der Waals surface area contributed by atoms with Gasteiger partial charge in [-0.25, -0.2) is 0 Å². The van der Waals surface area contributed by atoms with Crippen LogP contribution in [0.1, 0.15) is 0 Å². The van der Waals surface area contributed by atoms with Gasteiger partial charge in [-0.1, -0.05) is 0 Å². The SMILES string of the molecule is c1ccc(-c2[se]c(-c3cccs3)c3ccccc23)cc1. The predicted molar refractivity (Wildman–Crippen MR) is 89.6 cm³/mol. The molecule has 0 bridgehead atoms. The molecule has 0 aliphatic heterocycles. The van der Waals surface area contributed by atoms with Crippen LogP contribution in [0.4, 0.5) is 0 Å². The van der Waals surface area contributed by atoms with Gasteiger partial charge in [0.2, 0.25) is 0 Å². The van der Waals surface area contributed by atoms with Crippen LogP contribution >= 0.6 is 11.3 Å². The Morgan fingerprint density at radius 2 is 1.35 bits per heavy atom. The van der Waals surface area contributed by atoms with E-state index in [2.05, 4.69) is 72.1 Å². The van der Waals surface area contributed by atoms with Gasteiger partial charge < -0.3 is 0 Å². The topological polar surface area (TPSA) is 0 Å². The van der Waals surface area contributed by atoms with Crippen molar-refractivity contribution in [1.29, 1.82) is 0 Å². The standard InChI is InChI=1S/C18H12SSe/c1-2-7-13(8-3-1)17-14-9-4-5-10-15(14)18(20-17)16-11-6-12-19-16/h1-12H. The Labute approximate surface area is 128 Å². The Kier molecular flexibility index (Phi) is 3.08. The van der Waals surface area contributed by atoms with Crippen molar-refractivity contribution in [3.8, 4) is 19.3 Å². The van der Waals surface area contributed by atoms with Crippen molar-refractivity contribution in [3.63, 3.8) is 0 Å². The fourth-order valence-electron chi connectivity index (χ4n) is 2.49. The number of hydrogen-bond acceptors (Lipinski definition) is 1. The Morgan fingerprint density at radius 1 is 0.650 bits per heavy atom.